The van der Waals surface area contributed by atoms with Crippen molar-refractivity contribution in [1.29, 1.82) is 0 Å². The number of rotatable bonds is 10. The fourth-order valence-corrected chi connectivity index (χ4v) is 9.93. The number of benzene rings is 5. The van der Waals surface area contributed by atoms with Crippen LogP contribution in [0.15, 0.2) is 204 Å². The number of allylic oxidation sites excluding steroid dienone is 13. The van der Waals surface area contributed by atoms with Crippen LogP contribution in [-0.4, -0.2) is 0 Å². The number of fused-ring (bicyclic) bond motifs is 6. The van der Waals surface area contributed by atoms with Gasteiger partial charge >= 0.3 is 0 Å². The van der Waals surface area contributed by atoms with Crippen LogP contribution in [0.3, 0.4) is 0 Å². The van der Waals surface area contributed by atoms with Crippen molar-refractivity contribution in [3.8, 4) is 11.1 Å². The molecule has 2 nitrogen and oxygen atoms in total. The molecule has 0 amide bonds. The summed E-state index contributed by atoms with van der Waals surface area (Å²) in [4.78, 5) is 5.11. The Bertz CT molecular complexity index is 2540. The Hall–Kier alpha value is -6.12. The van der Waals surface area contributed by atoms with E-state index in [2.05, 4.69) is 220 Å². The predicted molar refractivity (Wildman–Crippen MR) is 247 cm³/mol. The van der Waals surface area contributed by atoms with Crippen LogP contribution < -0.4 is 9.80 Å². The maximum Gasteiger partial charge on any atom is 0.0498 e. The van der Waals surface area contributed by atoms with Gasteiger partial charge in [0, 0.05) is 51.9 Å². The molecule has 0 saturated heterocycles. The minimum Gasteiger partial charge on any atom is -0.313 e. The smallest absolute Gasteiger partial charge is 0.0498 e. The van der Waals surface area contributed by atoms with Crippen LogP contribution in [-0.2, 0) is 0 Å². The first-order valence-corrected chi connectivity index (χ1v) is 21.3. The molecule has 9 rings (SSSR count). The quantitative estimate of drug-likeness (QED) is 0.103. The molecule has 0 radical (unpaired) electrons. The largest absolute Gasteiger partial charge is 0.313 e. The Labute approximate surface area is 346 Å². The first kappa shape index (κ1) is 37.5. The van der Waals surface area contributed by atoms with Crippen molar-refractivity contribution in [2.45, 2.75) is 71.6 Å². The van der Waals surface area contributed by atoms with Gasteiger partial charge in [-0.1, -0.05) is 147 Å². The highest BCUT2D eigenvalue weighted by Crippen LogP contribution is 2.58. The molecule has 4 unspecified atom stereocenters. The minimum absolute atomic E-state index is 0.211. The molecule has 0 fully saturated rings. The molecule has 58 heavy (non-hydrogen) atoms. The van der Waals surface area contributed by atoms with E-state index in [9.17, 15) is 0 Å². The average molecular weight is 755 g/mol. The van der Waals surface area contributed by atoms with Crippen LogP contribution >= 0.6 is 0 Å². The van der Waals surface area contributed by atoms with Crippen LogP contribution in [0, 0.1) is 5.92 Å². The molecule has 0 aromatic heterocycles. The number of anilines is 3. The Morgan fingerprint density at radius 2 is 1.41 bits per heavy atom. The molecule has 0 saturated carbocycles. The van der Waals surface area contributed by atoms with Gasteiger partial charge in [-0.05, 0) is 139 Å². The van der Waals surface area contributed by atoms with Gasteiger partial charge in [-0.2, -0.15) is 0 Å². The summed E-state index contributed by atoms with van der Waals surface area (Å²) in [6, 6.07) is 47.7. The van der Waals surface area contributed by atoms with Gasteiger partial charge in [0.25, 0.3) is 0 Å². The van der Waals surface area contributed by atoms with Gasteiger partial charge in [0.2, 0.25) is 0 Å². The maximum atomic E-state index is 2.57. The van der Waals surface area contributed by atoms with Gasteiger partial charge in [0.1, 0.15) is 0 Å². The van der Waals surface area contributed by atoms with Crippen molar-refractivity contribution in [2.24, 2.45) is 5.92 Å². The number of para-hydroxylation sites is 1. The molecule has 0 bridgehead atoms. The molecule has 2 aliphatic heterocycles. The second kappa shape index (κ2) is 16.0. The summed E-state index contributed by atoms with van der Waals surface area (Å²) in [7, 11) is 0. The minimum atomic E-state index is 0.211. The van der Waals surface area contributed by atoms with Crippen LogP contribution in [0.4, 0.5) is 17.1 Å². The first-order valence-electron chi connectivity index (χ1n) is 21.3. The lowest BCUT2D eigenvalue weighted by Gasteiger charge is -2.32. The zero-order valence-electron chi connectivity index (χ0n) is 34.6. The molecular weight excluding hydrogens is 701 g/mol. The Morgan fingerprint density at radius 3 is 2.10 bits per heavy atom. The average Bonchev–Trinajstić information content (AvgIpc) is 3.80. The number of nitrogens with zero attached hydrogens (tertiary/aromatic N) is 2. The molecule has 288 valence electrons. The summed E-state index contributed by atoms with van der Waals surface area (Å²) < 4.78 is 0. The summed E-state index contributed by atoms with van der Waals surface area (Å²) in [6.07, 6.45) is 21.7. The van der Waals surface area contributed by atoms with Crippen LogP contribution in [0.25, 0.3) is 16.7 Å². The summed E-state index contributed by atoms with van der Waals surface area (Å²) >= 11 is 0. The van der Waals surface area contributed by atoms with Crippen molar-refractivity contribution in [2.75, 3.05) is 9.80 Å². The van der Waals surface area contributed by atoms with Gasteiger partial charge < -0.3 is 9.80 Å². The van der Waals surface area contributed by atoms with Gasteiger partial charge in [0.15, 0.2) is 0 Å². The van der Waals surface area contributed by atoms with Gasteiger partial charge in [-0.25, -0.2) is 0 Å². The molecule has 0 N–H and O–H groups in total. The summed E-state index contributed by atoms with van der Waals surface area (Å²) in [5, 5.41) is 0. The molecule has 5 aromatic carbocycles. The molecule has 5 aromatic rings. The Kier molecular flexibility index (Phi) is 10.3. The van der Waals surface area contributed by atoms with E-state index in [1.807, 2.05) is 0 Å². The SMILES string of the molecule is C/C=C\CC(C)C1=C2C(CC(c3ccccc3)=C1)c1cc(-c3ccc4c(c3)C3C(=C(C)C=CC3c3ccccc3)N4C(/C=C\CC)=C/C)ccc1N2c1ccccc1. The van der Waals surface area contributed by atoms with Gasteiger partial charge in [-0.3, -0.25) is 0 Å². The van der Waals surface area contributed by atoms with Gasteiger partial charge in [-0.15, -0.1) is 0 Å². The van der Waals surface area contributed by atoms with Crippen LogP contribution in [0.1, 0.15) is 93.9 Å². The Balaban J connectivity index is 1.21. The molecule has 2 heterocycles. The normalized spacial score (nSPS) is 20.5. The van der Waals surface area contributed by atoms with E-state index in [0.717, 1.165) is 19.3 Å². The van der Waals surface area contributed by atoms with E-state index in [4.69, 9.17) is 0 Å². The summed E-state index contributed by atoms with van der Waals surface area (Å²) in [5.41, 5.74) is 20.1. The molecule has 4 aliphatic rings. The fraction of sp³-hybridized carbons (Fsp3) is 0.214. The zero-order chi connectivity index (χ0) is 39.8. The topological polar surface area (TPSA) is 6.48 Å². The summed E-state index contributed by atoms with van der Waals surface area (Å²) in [5.74, 6) is 1.07. The van der Waals surface area contributed by atoms with Crippen molar-refractivity contribution in [1.82, 2.24) is 0 Å². The lowest BCUT2D eigenvalue weighted by molar-refractivity contribution is 0.675. The second-order valence-electron chi connectivity index (χ2n) is 16.3. The fourth-order valence-electron chi connectivity index (χ4n) is 9.93. The van der Waals surface area contributed by atoms with Crippen molar-refractivity contribution >= 4 is 22.6 Å². The number of hydrogen-bond acceptors (Lipinski definition) is 2. The van der Waals surface area contributed by atoms with E-state index >= 15 is 0 Å². The molecule has 2 heteroatoms. The van der Waals surface area contributed by atoms with Gasteiger partial charge in [0.05, 0.1) is 0 Å². The third kappa shape index (κ3) is 6.55. The van der Waals surface area contributed by atoms with E-state index in [-0.39, 0.29) is 17.8 Å². The van der Waals surface area contributed by atoms with E-state index in [0.29, 0.717) is 5.92 Å². The lowest BCUT2D eigenvalue weighted by Crippen LogP contribution is -2.23. The standard InChI is InChI=1S/C56H54N2/c1-6-9-20-38(4)48-36-44(40-21-14-11-15-22-40)37-50-49-34-42(29-32-52(49)58(56(48)50)46-26-18-13-19-27-46)43-30-33-53-51(35-43)54-47(41-23-16-12-17-24-41)31-28-39(5)55(54)57(53)45(8-3)25-10-7-2/h6,8-19,21-36,38,47,50,54H,7,20,37H2,1-5H3/b9-6-,25-10-,45-8+. The number of hydrogen-bond donors (Lipinski definition) is 0. The first-order chi connectivity index (χ1) is 28.5. The van der Waals surface area contributed by atoms with Crippen molar-refractivity contribution in [3.05, 3.63) is 226 Å². The molecule has 2 aliphatic carbocycles. The Morgan fingerprint density at radius 1 is 0.741 bits per heavy atom. The second-order valence-corrected chi connectivity index (χ2v) is 16.3. The highest BCUT2D eigenvalue weighted by Gasteiger charge is 2.43. The van der Waals surface area contributed by atoms with Crippen LogP contribution in [0.5, 0.6) is 0 Å². The third-order valence-corrected chi connectivity index (χ3v) is 12.7. The monoisotopic (exact) mass is 754 g/mol. The zero-order valence-corrected chi connectivity index (χ0v) is 34.6. The van der Waals surface area contributed by atoms with E-state index in [1.54, 1.807) is 0 Å². The van der Waals surface area contributed by atoms with E-state index in [1.165, 1.54) is 84.3 Å². The van der Waals surface area contributed by atoms with Crippen molar-refractivity contribution in [3.63, 3.8) is 0 Å². The van der Waals surface area contributed by atoms with E-state index < -0.39 is 0 Å². The lowest BCUT2D eigenvalue weighted by atomic mass is 9.76. The van der Waals surface area contributed by atoms with Crippen LogP contribution in [0.2, 0.25) is 0 Å². The molecule has 4 atom stereocenters. The summed E-state index contributed by atoms with van der Waals surface area (Å²) in [6.45, 7) is 11.2. The third-order valence-electron chi connectivity index (χ3n) is 12.7. The highest BCUT2D eigenvalue weighted by atomic mass is 15.2. The van der Waals surface area contributed by atoms with Crippen molar-refractivity contribution < 1.29 is 0 Å². The highest BCUT2D eigenvalue weighted by molar-refractivity contribution is 5.87. The molecular formula is C56H54N2. The maximum absolute atomic E-state index is 2.57. The predicted octanol–water partition coefficient (Wildman–Crippen LogP) is 15.3. The molecule has 0 spiro atoms.